The van der Waals surface area contributed by atoms with Crippen LogP contribution in [0.1, 0.15) is 10.6 Å². The molecule has 0 bridgehead atoms. The maximum Gasteiger partial charge on any atom is 0.316 e. The third kappa shape index (κ3) is 1.56. The Labute approximate surface area is 90.2 Å². The molecule has 0 fully saturated rings. The Bertz CT molecular complexity index is 582. The second-order valence-electron chi connectivity index (χ2n) is 3.15. The van der Waals surface area contributed by atoms with Crippen LogP contribution in [-0.4, -0.2) is 17.0 Å². The Hall–Kier alpha value is -2.50. The van der Waals surface area contributed by atoms with Crippen molar-refractivity contribution in [1.82, 2.24) is 0 Å². The van der Waals surface area contributed by atoms with Crippen LogP contribution in [-0.2, 0) is 0 Å². The molecule has 6 nitrogen and oxygen atoms in total. The van der Waals surface area contributed by atoms with E-state index >= 15 is 0 Å². The zero-order valence-corrected chi connectivity index (χ0v) is 8.18. The van der Waals surface area contributed by atoms with E-state index in [1.54, 1.807) is 12.1 Å². The number of rotatable bonds is 1. The number of nitrogens with zero attached hydrogens (tertiary/aromatic N) is 1. The second kappa shape index (κ2) is 3.58. The third-order valence-electron chi connectivity index (χ3n) is 2.03. The van der Waals surface area contributed by atoms with Crippen LogP contribution >= 0.6 is 0 Å². The second-order valence-corrected chi connectivity index (χ2v) is 3.15. The van der Waals surface area contributed by atoms with E-state index in [1.165, 1.54) is 12.3 Å². The van der Waals surface area contributed by atoms with Gasteiger partial charge in [0.05, 0.1) is 11.6 Å². The standard InChI is InChI=1S/C10H9N3O3/c11-10(12)13-9(15)8-7-5(4-16-8)2-1-3-6(7)14/h1-4,14H,(H4,11,12,13,15). The first-order valence-electron chi connectivity index (χ1n) is 4.42. The fourth-order valence-electron chi connectivity index (χ4n) is 1.41. The lowest BCUT2D eigenvalue weighted by Crippen LogP contribution is -2.24. The zero-order chi connectivity index (χ0) is 11.7. The number of hydrogen-bond acceptors (Lipinski definition) is 3. The molecule has 0 aliphatic rings. The van der Waals surface area contributed by atoms with Gasteiger partial charge in [-0.15, -0.1) is 0 Å². The normalized spacial score (nSPS) is 10.2. The molecule has 0 saturated heterocycles. The van der Waals surface area contributed by atoms with E-state index in [0.29, 0.717) is 10.8 Å². The van der Waals surface area contributed by atoms with Crippen molar-refractivity contribution in [1.29, 1.82) is 0 Å². The largest absolute Gasteiger partial charge is 0.507 e. The van der Waals surface area contributed by atoms with Crippen molar-refractivity contribution in [2.24, 2.45) is 16.5 Å². The number of guanidine groups is 1. The summed E-state index contributed by atoms with van der Waals surface area (Å²) in [5.74, 6) is -1.22. The molecule has 16 heavy (non-hydrogen) atoms. The molecule has 1 heterocycles. The van der Waals surface area contributed by atoms with Gasteiger partial charge in [-0.1, -0.05) is 12.1 Å². The third-order valence-corrected chi connectivity index (χ3v) is 2.03. The predicted octanol–water partition coefficient (Wildman–Crippen LogP) is 0.552. The average molecular weight is 219 g/mol. The lowest BCUT2D eigenvalue weighted by Gasteiger charge is -1.95. The molecule has 0 radical (unpaired) electrons. The van der Waals surface area contributed by atoms with Gasteiger partial charge in [0.2, 0.25) is 5.76 Å². The fourth-order valence-corrected chi connectivity index (χ4v) is 1.41. The summed E-state index contributed by atoms with van der Waals surface area (Å²) in [6.45, 7) is 0. The van der Waals surface area contributed by atoms with E-state index in [1.807, 2.05) is 0 Å². The van der Waals surface area contributed by atoms with Crippen molar-refractivity contribution in [3.8, 4) is 5.75 Å². The highest BCUT2D eigenvalue weighted by Gasteiger charge is 2.17. The molecule has 82 valence electrons. The number of benzene rings is 1. The molecule has 0 atom stereocenters. The van der Waals surface area contributed by atoms with Gasteiger partial charge in [0.15, 0.2) is 5.96 Å². The number of aromatic hydroxyl groups is 1. The van der Waals surface area contributed by atoms with E-state index in [-0.39, 0.29) is 17.5 Å². The van der Waals surface area contributed by atoms with Crippen LogP contribution in [0.4, 0.5) is 0 Å². The monoisotopic (exact) mass is 219 g/mol. The smallest absolute Gasteiger partial charge is 0.316 e. The van der Waals surface area contributed by atoms with Crippen molar-refractivity contribution in [3.05, 3.63) is 30.2 Å². The van der Waals surface area contributed by atoms with Crippen LogP contribution in [0.15, 0.2) is 33.9 Å². The molecule has 1 amide bonds. The Morgan fingerprint density at radius 2 is 2.12 bits per heavy atom. The summed E-state index contributed by atoms with van der Waals surface area (Å²) in [5.41, 5.74) is 10.2. The number of aliphatic imine (C=N–C) groups is 1. The molecule has 6 heteroatoms. The molecular weight excluding hydrogens is 210 g/mol. The first-order valence-corrected chi connectivity index (χ1v) is 4.42. The van der Waals surface area contributed by atoms with Crippen LogP contribution in [0.5, 0.6) is 5.75 Å². The maximum absolute atomic E-state index is 11.5. The van der Waals surface area contributed by atoms with Gasteiger partial charge in [0.25, 0.3) is 0 Å². The number of fused-ring (bicyclic) bond motifs is 1. The van der Waals surface area contributed by atoms with E-state index in [0.717, 1.165) is 0 Å². The molecular formula is C10H9N3O3. The van der Waals surface area contributed by atoms with Crippen LogP contribution in [0.25, 0.3) is 10.8 Å². The minimum absolute atomic E-state index is 0.0552. The molecule has 2 aromatic rings. The van der Waals surface area contributed by atoms with Crippen LogP contribution in [0, 0.1) is 0 Å². The summed E-state index contributed by atoms with van der Waals surface area (Å²) in [5, 5.41) is 10.5. The number of hydrogen-bond donors (Lipinski definition) is 3. The van der Waals surface area contributed by atoms with Crippen molar-refractivity contribution in [2.45, 2.75) is 0 Å². The molecule has 0 unspecified atom stereocenters. The molecule has 1 aromatic heterocycles. The maximum atomic E-state index is 11.5. The van der Waals surface area contributed by atoms with Crippen LogP contribution in [0.3, 0.4) is 0 Å². The van der Waals surface area contributed by atoms with E-state index in [4.69, 9.17) is 15.9 Å². The molecule has 5 N–H and O–H groups in total. The van der Waals surface area contributed by atoms with Crippen LogP contribution in [0.2, 0.25) is 0 Å². The summed E-state index contributed by atoms with van der Waals surface area (Å²) in [6, 6.07) is 4.79. The summed E-state index contributed by atoms with van der Waals surface area (Å²) >= 11 is 0. The van der Waals surface area contributed by atoms with Crippen molar-refractivity contribution in [3.63, 3.8) is 0 Å². The molecule has 0 saturated carbocycles. The van der Waals surface area contributed by atoms with Gasteiger partial charge in [0, 0.05) is 5.39 Å². The Balaban J connectivity index is 2.62. The number of nitrogens with two attached hydrogens (primary N) is 2. The minimum atomic E-state index is -0.725. The number of carbonyl (C=O) groups excluding carboxylic acids is 1. The number of carbonyl (C=O) groups is 1. The highest BCUT2D eigenvalue weighted by molar-refractivity contribution is 6.10. The molecule has 0 spiro atoms. The SMILES string of the molecule is NC(N)=NC(=O)c1occ2cccc(O)c12. The minimum Gasteiger partial charge on any atom is -0.507 e. The number of phenols is 1. The van der Waals surface area contributed by atoms with Crippen molar-refractivity contribution < 1.29 is 14.3 Å². The van der Waals surface area contributed by atoms with E-state index in [9.17, 15) is 9.90 Å². The lowest BCUT2D eigenvalue weighted by molar-refractivity contribution is 0.0978. The van der Waals surface area contributed by atoms with E-state index < -0.39 is 5.91 Å². The van der Waals surface area contributed by atoms with Crippen molar-refractivity contribution in [2.75, 3.05) is 0 Å². The van der Waals surface area contributed by atoms with E-state index in [2.05, 4.69) is 4.99 Å². The molecule has 0 aliphatic heterocycles. The number of phenolic OH excluding ortho intramolecular Hbond substituents is 1. The van der Waals surface area contributed by atoms with Crippen molar-refractivity contribution >= 4 is 22.6 Å². The summed E-state index contributed by atoms with van der Waals surface area (Å²) in [7, 11) is 0. The first kappa shape index (κ1) is 10.0. The average Bonchev–Trinajstić information content (AvgIpc) is 2.61. The Morgan fingerprint density at radius 3 is 2.81 bits per heavy atom. The highest BCUT2D eigenvalue weighted by Crippen LogP contribution is 2.29. The van der Waals surface area contributed by atoms with Gasteiger partial charge >= 0.3 is 5.91 Å². The van der Waals surface area contributed by atoms with Crippen LogP contribution < -0.4 is 11.5 Å². The van der Waals surface area contributed by atoms with Gasteiger partial charge in [-0.2, -0.15) is 4.99 Å². The highest BCUT2D eigenvalue weighted by atomic mass is 16.3. The molecule has 1 aromatic carbocycles. The fraction of sp³-hybridized carbons (Fsp3) is 0. The Kier molecular flexibility index (Phi) is 2.24. The summed E-state index contributed by atoms with van der Waals surface area (Å²) in [6.07, 6.45) is 1.35. The Morgan fingerprint density at radius 1 is 1.38 bits per heavy atom. The van der Waals surface area contributed by atoms with Gasteiger partial charge < -0.3 is 21.0 Å². The summed E-state index contributed by atoms with van der Waals surface area (Å²) in [4.78, 5) is 14.9. The number of amides is 1. The molecule has 0 aliphatic carbocycles. The predicted molar refractivity (Wildman–Crippen MR) is 58.0 cm³/mol. The first-order chi connectivity index (χ1) is 7.59. The van der Waals surface area contributed by atoms with Gasteiger partial charge in [-0.05, 0) is 6.07 Å². The summed E-state index contributed by atoms with van der Waals surface area (Å²) < 4.78 is 5.03. The van der Waals surface area contributed by atoms with Gasteiger partial charge in [-0.3, -0.25) is 4.79 Å². The topological polar surface area (TPSA) is 115 Å². The zero-order valence-electron chi connectivity index (χ0n) is 8.18. The lowest BCUT2D eigenvalue weighted by atomic mass is 10.1. The quantitative estimate of drug-likeness (QED) is 0.478. The van der Waals surface area contributed by atoms with Gasteiger partial charge in [-0.25, -0.2) is 0 Å². The van der Waals surface area contributed by atoms with Gasteiger partial charge in [0.1, 0.15) is 5.75 Å². The molecule has 2 rings (SSSR count). The number of furan rings is 1.